The van der Waals surface area contributed by atoms with Crippen LogP contribution in [0.4, 0.5) is 0 Å². The number of nitrogens with zero attached hydrogens (tertiary/aromatic N) is 3. The SMILES string of the molecule is CC(C)(C)C(=O)OC[C@@H]1O[C@@H](n2cnc3c(=O)[nH]cnc32)[C@@H](O)[C@H]1O. The quantitative estimate of drug-likeness (QED) is 0.618. The van der Waals surface area contributed by atoms with Gasteiger partial charge in [0, 0.05) is 0 Å². The normalized spacial score (nSPS) is 26.9. The Bertz CT molecular complexity index is 838. The van der Waals surface area contributed by atoms with E-state index in [1.165, 1.54) is 17.2 Å². The summed E-state index contributed by atoms with van der Waals surface area (Å²) in [6.45, 7) is 4.92. The van der Waals surface area contributed by atoms with Gasteiger partial charge in [-0.25, -0.2) is 9.97 Å². The summed E-state index contributed by atoms with van der Waals surface area (Å²) in [5.74, 6) is -0.442. The molecule has 0 unspecified atom stereocenters. The molecule has 0 aliphatic carbocycles. The molecule has 4 atom stereocenters. The van der Waals surface area contributed by atoms with Crippen LogP contribution in [0, 0.1) is 5.41 Å². The number of rotatable bonds is 3. The number of aliphatic hydroxyl groups is 2. The molecule has 1 aliphatic heterocycles. The lowest BCUT2D eigenvalue weighted by atomic mass is 9.97. The second-order valence-electron chi connectivity index (χ2n) is 6.95. The van der Waals surface area contributed by atoms with Crippen molar-refractivity contribution in [2.24, 2.45) is 5.41 Å². The minimum atomic E-state index is -1.29. The number of nitrogens with one attached hydrogen (secondary N) is 1. The summed E-state index contributed by atoms with van der Waals surface area (Å²) in [6.07, 6.45) is -1.97. The molecule has 0 amide bonds. The Morgan fingerprint density at radius 1 is 1.36 bits per heavy atom. The fraction of sp³-hybridized carbons (Fsp3) is 0.600. The number of aromatic amines is 1. The van der Waals surface area contributed by atoms with Crippen molar-refractivity contribution in [3.05, 3.63) is 23.0 Å². The van der Waals surface area contributed by atoms with Gasteiger partial charge in [0.25, 0.3) is 5.56 Å². The average Bonchev–Trinajstić information content (AvgIpc) is 3.08. The topological polar surface area (TPSA) is 140 Å². The monoisotopic (exact) mass is 352 g/mol. The number of fused-ring (bicyclic) bond motifs is 1. The third-order valence-corrected chi connectivity index (χ3v) is 3.97. The average molecular weight is 352 g/mol. The number of carbonyl (C=O) groups excluding carboxylic acids is 1. The van der Waals surface area contributed by atoms with E-state index in [9.17, 15) is 19.8 Å². The van der Waals surface area contributed by atoms with Gasteiger partial charge in [0.05, 0.1) is 18.1 Å². The zero-order valence-corrected chi connectivity index (χ0v) is 14.0. The number of imidazole rings is 1. The van der Waals surface area contributed by atoms with Crippen molar-refractivity contribution >= 4 is 17.1 Å². The molecule has 2 aromatic rings. The van der Waals surface area contributed by atoms with Crippen LogP contribution in [0.5, 0.6) is 0 Å². The first-order valence-electron chi connectivity index (χ1n) is 7.79. The maximum absolute atomic E-state index is 11.8. The highest BCUT2D eigenvalue weighted by Gasteiger charge is 2.45. The van der Waals surface area contributed by atoms with Gasteiger partial charge in [0.1, 0.15) is 24.9 Å². The lowest BCUT2D eigenvalue weighted by molar-refractivity contribution is -0.159. The molecular weight excluding hydrogens is 332 g/mol. The van der Waals surface area contributed by atoms with Gasteiger partial charge in [-0.15, -0.1) is 0 Å². The van der Waals surface area contributed by atoms with Crippen molar-refractivity contribution < 1.29 is 24.5 Å². The third kappa shape index (κ3) is 3.15. The van der Waals surface area contributed by atoms with Crippen LogP contribution in [-0.2, 0) is 14.3 Å². The first kappa shape index (κ1) is 17.5. The molecule has 136 valence electrons. The minimum absolute atomic E-state index is 0.0930. The van der Waals surface area contributed by atoms with E-state index in [-0.39, 0.29) is 17.8 Å². The number of carbonyl (C=O) groups is 1. The summed E-state index contributed by atoms with van der Waals surface area (Å²) in [7, 11) is 0. The van der Waals surface area contributed by atoms with Crippen LogP contribution < -0.4 is 5.56 Å². The van der Waals surface area contributed by atoms with Gasteiger partial charge in [-0.1, -0.05) is 0 Å². The van der Waals surface area contributed by atoms with Gasteiger partial charge in [-0.05, 0) is 20.8 Å². The molecule has 3 rings (SSSR count). The highest BCUT2D eigenvalue weighted by molar-refractivity contribution is 5.75. The van der Waals surface area contributed by atoms with E-state index in [4.69, 9.17) is 9.47 Å². The number of esters is 1. The molecule has 2 aromatic heterocycles. The number of aromatic nitrogens is 4. The van der Waals surface area contributed by atoms with Crippen molar-refractivity contribution in [3.8, 4) is 0 Å². The molecule has 3 N–H and O–H groups in total. The fourth-order valence-corrected chi connectivity index (χ4v) is 2.52. The molecule has 3 heterocycles. The lowest BCUT2D eigenvalue weighted by Crippen LogP contribution is -2.35. The van der Waals surface area contributed by atoms with Gasteiger partial charge < -0.3 is 24.7 Å². The standard InChI is InChI=1S/C15H20N4O6/c1-15(2,3)14(23)24-4-7-9(20)10(21)13(25-7)19-6-18-8-11(19)16-5-17-12(8)22/h5-7,9-10,13,20-21H,4H2,1-3H3,(H,16,17,22)/t7-,9-,10-,13+/m0/s1. The van der Waals surface area contributed by atoms with Crippen molar-refractivity contribution in [2.45, 2.75) is 45.3 Å². The Morgan fingerprint density at radius 3 is 2.76 bits per heavy atom. The molecule has 0 saturated carbocycles. The Morgan fingerprint density at radius 2 is 2.08 bits per heavy atom. The fourth-order valence-electron chi connectivity index (χ4n) is 2.52. The summed E-state index contributed by atoms with van der Waals surface area (Å²) < 4.78 is 12.2. The van der Waals surface area contributed by atoms with Crippen molar-refractivity contribution in [3.63, 3.8) is 0 Å². The summed E-state index contributed by atoms with van der Waals surface area (Å²) in [4.78, 5) is 33.9. The van der Waals surface area contributed by atoms with E-state index in [0.29, 0.717) is 0 Å². The lowest BCUT2D eigenvalue weighted by Gasteiger charge is -2.20. The highest BCUT2D eigenvalue weighted by Crippen LogP contribution is 2.31. The zero-order valence-electron chi connectivity index (χ0n) is 14.0. The highest BCUT2D eigenvalue weighted by atomic mass is 16.6. The van der Waals surface area contributed by atoms with E-state index in [1.807, 2.05) is 0 Å². The molecule has 1 aliphatic rings. The second kappa shape index (κ2) is 6.21. The summed E-state index contributed by atoms with van der Waals surface area (Å²) in [5.41, 5.74) is -0.803. The predicted octanol–water partition coefficient (Wildman–Crippen LogP) is -0.672. The van der Waals surface area contributed by atoms with Gasteiger partial charge in [-0.2, -0.15) is 0 Å². The van der Waals surface area contributed by atoms with E-state index < -0.39 is 41.5 Å². The van der Waals surface area contributed by atoms with E-state index in [0.717, 1.165) is 0 Å². The molecule has 0 spiro atoms. The summed E-state index contributed by atoms with van der Waals surface area (Å²) >= 11 is 0. The summed E-state index contributed by atoms with van der Waals surface area (Å²) in [5, 5.41) is 20.5. The summed E-state index contributed by atoms with van der Waals surface area (Å²) in [6, 6.07) is 0. The second-order valence-corrected chi connectivity index (χ2v) is 6.95. The molecule has 0 bridgehead atoms. The maximum atomic E-state index is 11.8. The smallest absolute Gasteiger partial charge is 0.311 e. The van der Waals surface area contributed by atoms with Gasteiger partial charge in [-0.3, -0.25) is 14.2 Å². The first-order valence-corrected chi connectivity index (χ1v) is 7.79. The largest absolute Gasteiger partial charge is 0.462 e. The van der Waals surface area contributed by atoms with Gasteiger partial charge in [0.2, 0.25) is 0 Å². The van der Waals surface area contributed by atoms with Gasteiger partial charge >= 0.3 is 5.97 Å². The van der Waals surface area contributed by atoms with Crippen molar-refractivity contribution in [2.75, 3.05) is 6.61 Å². The predicted molar refractivity (Wildman–Crippen MR) is 84.5 cm³/mol. The van der Waals surface area contributed by atoms with E-state index in [2.05, 4.69) is 15.0 Å². The van der Waals surface area contributed by atoms with Crippen molar-refractivity contribution in [1.29, 1.82) is 0 Å². The molecule has 0 radical (unpaired) electrons. The van der Waals surface area contributed by atoms with Crippen LogP contribution in [-0.4, -0.2) is 60.6 Å². The molecule has 1 saturated heterocycles. The van der Waals surface area contributed by atoms with Crippen LogP contribution in [0.1, 0.15) is 27.0 Å². The van der Waals surface area contributed by atoms with E-state index >= 15 is 0 Å². The molecule has 10 heteroatoms. The van der Waals surface area contributed by atoms with E-state index in [1.54, 1.807) is 20.8 Å². The van der Waals surface area contributed by atoms with Crippen molar-refractivity contribution in [1.82, 2.24) is 19.5 Å². The number of ether oxygens (including phenoxy) is 2. The third-order valence-electron chi connectivity index (χ3n) is 3.97. The number of aliphatic hydroxyl groups excluding tert-OH is 2. The molecule has 1 fully saturated rings. The molecule has 10 nitrogen and oxygen atoms in total. The number of H-pyrrole nitrogens is 1. The Balaban J connectivity index is 1.79. The molecule has 25 heavy (non-hydrogen) atoms. The van der Waals surface area contributed by atoms with Crippen LogP contribution in [0.3, 0.4) is 0 Å². The Kier molecular flexibility index (Phi) is 4.35. The Hall–Kier alpha value is -2.30. The zero-order chi connectivity index (χ0) is 18.4. The molecular formula is C15H20N4O6. The number of hydrogen-bond acceptors (Lipinski definition) is 8. The van der Waals surface area contributed by atoms with Crippen LogP contribution in [0.15, 0.2) is 17.4 Å². The van der Waals surface area contributed by atoms with Crippen LogP contribution >= 0.6 is 0 Å². The van der Waals surface area contributed by atoms with Gasteiger partial charge in [0.15, 0.2) is 17.4 Å². The van der Waals surface area contributed by atoms with Crippen LogP contribution in [0.2, 0.25) is 0 Å². The Labute approximate surface area is 142 Å². The number of hydrogen-bond donors (Lipinski definition) is 3. The molecule has 0 aromatic carbocycles. The first-order chi connectivity index (χ1) is 11.7. The van der Waals surface area contributed by atoms with Crippen LogP contribution in [0.25, 0.3) is 11.2 Å². The maximum Gasteiger partial charge on any atom is 0.311 e. The minimum Gasteiger partial charge on any atom is -0.462 e.